The molecule has 0 aliphatic heterocycles. The van der Waals surface area contributed by atoms with Crippen molar-refractivity contribution in [2.45, 2.75) is 20.4 Å². The maximum Gasteiger partial charge on any atom is 0.0646 e. The highest BCUT2D eigenvalue weighted by Crippen LogP contribution is 2.15. The lowest BCUT2D eigenvalue weighted by Gasteiger charge is -2.07. The van der Waals surface area contributed by atoms with Crippen LogP contribution in [-0.4, -0.2) is 14.8 Å². The Kier molecular flexibility index (Phi) is 2.99. The van der Waals surface area contributed by atoms with Gasteiger partial charge in [-0.1, -0.05) is 0 Å². The van der Waals surface area contributed by atoms with Gasteiger partial charge in [0.25, 0.3) is 0 Å². The summed E-state index contributed by atoms with van der Waals surface area (Å²) in [5.41, 5.74) is 10.7. The second-order valence-corrected chi connectivity index (χ2v) is 4.13. The number of aromatic nitrogens is 3. The zero-order chi connectivity index (χ0) is 12.4. The molecule has 0 fully saturated rings. The van der Waals surface area contributed by atoms with E-state index >= 15 is 0 Å². The van der Waals surface area contributed by atoms with Gasteiger partial charge in [0, 0.05) is 31.0 Å². The number of nitrogen functional groups attached to an aromatic ring is 1. The first-order valence-electron chi connectivity index (χ1n) is 5.51. The molecule has 0 saturated carbocycles. The van der Waals surface area contributed by atoms with Crippen molar-refractivity contribution in [3.05, 3.63) is 35.4 Å². The van der Waals surface area contributed by atoms with Gasteiger partial charge in [-0.3, -0.25) is 9.67 Å². The first kappa shape index (κ1) is 11.4. The maximum atomic E-state index is 5.67. The fraction of sp³-hybridized carbons (Fsp3) is 0.333. The fourth-order valence-electron chi connectivity index (χ4n) is 1.82. The second-order valence-electron chi connectivity index (χ2n) is 4.13. The Balaban J connectivity index is 2.12. The first-order chi connectivity index (χ1) is 8.08. The lowest BCUT2D eigenvalue weighted by atomic mass is 10.2. The van der Waals surface area contributed by atoms with Crippen LogP contribution < -0.4 is 11.1 Å². The summed E-state index contributed by atoms with van der Waals surface area (Å²) >= 11 is 0. The monoisotopic (exact) mass is 231 g/mol. The number of hydrogen-bond acceptors (Lipinski definition) is 4. The normalized spacial score (nSPS) is 10.5. The van der Waals surface area contributed by atoms with Crippen LogP contribution in [0.25, 0.3) is 0 Å². The van der Waals surface area contributed by atoms with Gasteiger partial charge in [0.05, 0.1) is 23.3 Å². The molecule has 0 atom stereocenters. The van der Waals surface area contributed by atoms with Crippen molar-refractivity contribution in [3.63, 3.8) is 0 Å². The number of rotatable bonds is 3. The summed E-state index contributed by atoms with van der Waals surface area (Å²) in [4.78, 5) is 4.04. The smallest absolute Gasteiger partial charge is 0.0646 e. The van der Waals surface area contributed by atoms with Crippen molar-refractivity contribution in [1.29, 1.82) is 0 Å². The summed E-state index contributed by atoms with van der Waals surface area (Å²) in [7, 11) is 1.95. The number of aryl methyl sites for hydroxylation is 2. The molecule has 0 saturated heterocycles. The van der Waals surface area contributed by atoms with Gasteiger partial charge in [0.1, 0.15) is 0 Å². The summed E-state index contributed by atoms with van der Waals surface area (Å²) in [6.07, 6.45) is 3.39. The molecule has 5 heteroatoms. The molecule has 0 radical (unpaired) electrons. The third kappa shape index (κ3) is 2.38. The molecule has 0 aromatic carbocycles. The zero-order valence-electron chi connectivity index (χ0n) is 10.4. The molecule has 0 amide bonds. The van der Waals surface area contributed by atoms with E-state index in [1.165, 1.54) is 11.3 Å². The molecule has 0 spiro atoms. The summed E-state index contributed by atoms with van der Waals surface area (Å²) in [5, 5.41) is 7.68. The predicted molar refractivity (Wildman–Crippen MR) is 68.7 cm³/mol. The third-order valence-electron chi connectivity index (χ3n) is 2.89. The van der Waals surface area contributed by atoms with E-state index < -0.39 is 0 Å². The molecule has 17 heavy (non-hydrogen) atoms. The van der Waals surface area contributed by atoms with Crippen molar-refractivity contribution in [3.8, 4) is 0 Å². The van der Waals surface area contributed by atoms with E-state index in [0.29, 0.717) is 5.69 Å². The lowest BCUT2D eigenvalue weighted by Crippen LogP contribution is -2.03. The molecule has 0 unspecified atom stereocenters. The van der Waals surface area contributed by atoms with E-state index in [1.807, 2.05) is 24.7 Å². The Hall–Kier alpha value is -2.04. The van der Waals surface area contributed by atoms with E-state index in [1.54, 1.807) is 12.4 Å². The van der Waals surface area contributed by atoms with Gasteiger partial charge in [0.15, 0.2) is 0 Å². The van der Waals surface area contributed by atoms with Crippen LogP contribution in [0, 0.1) is 13.8 Å². The summed E-state index contributed by atoms with van der Waals surface area (Å²) in [5.74, 6) is 0. The molecule has 2 aromatic rings. The topological polar surface area (TPSA) is 68.8 Å². The molecule has 0 aliphatic carbocycles. The summed E-state index contributed by atoms with van der Waals surface area (Å²) in [6, 6.07) is 1.87. The van der Waals surface area contributed by atoms with Crippen molar-refractivity contribution in [1.82, 2.24) is 14.8 Å². The average Bonchev–Trinajstić information content (AvgIpc) is 2.51. The first-order valence-corrected chi connectivity index (χ1v) is 5.51. The number of anilines is 2. The molecule has 0 bridgehead atoms. The largest absolute Gasteiger partial charge is 0.397 e. The average molecular weight is 231 g/mol. The van der Waals surface area contributed by atoms with Crippen molar-refractivity contribution in [2.24, 2.45) is 7.05 Å². The molecule has 2 rings (SSSR count). The molecule has 0 aliphatic rings. The second kappa shape index (κ2) is 4.45. The van der Waals surface area contributed by atoms with E-state index in [-0.39, 0.29) is 0 Å². The number of hydrogen-bond donors (Lipinski definition) is 2. The number of pyridine rings is 1. The number of nitrogens with zero attached hydrogens (tertiary/aromatic N) is 3. The summed E-state index contributed by atoms with van der Waals surface area (Å²) in [6.45, 7) is 4.81. The van der Waals surface area contributed by atoms with Crippen LogP contribution >= 0.6 is 0 Å². The molecule has 2 heterocycles. The SMILES string of the molecule is Cc1nn(C)c(C)c1CNc1cncc(N)c1. The van der Waals surface area contributed by atoms with Crippen molar-refractivity contribution >= 4 is 11.4 Å². The Morgan fingerprint density at radius 1 is 1.35 bits per heavy atom. The van der Waals surface area contributed by atoms with Crippen molar-refractivity contribution < 1.29 is 0 Å². The van der Waals surface area contributed by atoms with Crippen LogP contribution in [0.4, 0.5) is 11.4 Å². The van der Waals surface area contributed by atoms with Crippen LogP contribution in [0.2, 0.25) is 0 Å². The molecule has 2 aromatic heterocycles. The van der Waals surface area contributed by atoms with Gasteiger partial charge in [-0.15, -0.1) is 0 Å². The highest BCUT2D eigenvalue weighted by atomic mass is 15.3. The van der Waals surface area contributed by atoms with Gasteiger partial charge in [-0.05, 0) is 19.9 Å². The summed E-state index contributed by atoms with van der Waals surface area (Å²) < 4.78 is 1.89. The zero-order valence-corrected chi connectivity index (χ0v) is 10.4. The van der Waals surface area contributed by atoms with Crippen molar-refractivity contribution in [2.75, 3.05) is 11.1 Å². The quantitative estimate of drug-likeness (QED) is 0.842. The number of nitrogens with one attached hydrogen (secondary N) is 1. The standard InChI is InChI=1S/C12H17N5/c1-8-12(9(2)17(3)16-8)7-15-11-4-10(13)5-14-6-11/h4-6,15H,7,13H2,1-3H3. The Labute approximate surface area is 101 Å². The van der Waals surface area contributed by atoms with E-state index in [4.69, 9.17) is 5.73 Å². The van der Waals surface area contributed by atoms with Crippen LogP contribution in [0.3, 0.4) is 0 Å². The third-order valence-corrected chi connectivity index (χ3v) is 2.89. The van der Waals surface area contributed by atoms with Crippen LogP contribution in [-0.2, 0) is 13.6 Å². The van der Waals surface area contributed by atoms with Gasteiger partial charge < -0.3 is 11.1 Å². The van der Waals surface area contributed by atoms with E-state index in [0.717, 1.165) is 17.9 Å². The minimum atomic E-state index is 0.662. The number of nitrogens with two attached hydrogens (primary N) is 1. The fourth-order valence-corrected chi connectivity index (χ4v) is 1.82. The van der Waals surface area contributed by atoms with Crippen LogP contribution in [0.15, 0.2) is 18.5 Å². The molecular weight excluding hydrogens is 214 g/mol. The van der Waals surface area contributed by atoms with Gasteiger partial charge in [-0.25, -0.2) is 0 Å². The molecule has 3 N–H and O–H groups in total. The molecular formula is C12H17N5. The highest BCUT2D eigenvalue weighted by Gasteiger charge is 2.08. The van der Waals surface area contributed by atoms with Crippen LogP contribution in [0.1, 0.15) is 17.0 Å². The maximum absolute atomic E-state index is 5.67. The Morgan fingerprint density at radius 2 is 2.12 bits per heavy atom. The Bertz CT molecular complexity index is 530. The van der Waals surface area contributed by atoms with E-state index in [2.05, 4.69) is 22.3 Å². The highest BCUT2D eigenvalue weighted by molar-refractivity contribution is 5.51. The van der Waals surface area contributed by atoms with Crippen LogP contribution in [0.5, 0.6) is 0 Å². The molecule has 5 nitrogen and oxygen atoms in total. The van der Waals surface area contributed by atoms with Gasteiger partial charge >= 0.3 is 0 Å². The van der Waals surface area contributed by atoms with Gasteiger partial charge in [0.2, 0.25) is 0 Å². The Morgan fingerprint density at radius 3 is 2.71 bits per heavy atom. The van der Waals surface area contributed by atoms with E-state index in [9.17, 15) is 0 Å². The minimum Gasteiger partial charge on any atom is -0.397 e. The lowest BCUT2D eigenvalue weighted by molar-refractivity contribution is 0.730. The predicted octanol–water partition coefficient (Wildman–Crippen LogP) is 1.63. The van der Waals surface area contributed by atoms with Gasteiger partial charge in [-0.2, -0.15) is 5.10 Å². The molecule has 90 valence electrons. The minimum absolute atomic E-state index is 0.662.